The molecule has 0 aliphatic carbocycles. The van der Waals surface area contributed by atoms with Crippen LogP contribution in [0.5, 0.6) is 0 Å². The molecule has 1 aromatic carbocycles. The number of carbonyl (C=O) groups excluding carboxylic acids is 1. The topological polar surface area (TPSA) is 48.1 Å². The fourth-order valence-corrected chi connectivity index (χ4v) is 3.47. The first-order valence-corrected chi connectivity index (χ1v) is 8.94. The van der Waals surface area contributed by atoms with Crippen LogP contribution in [0.2, 0.25) is 0 Å². The van der Waals surface area contributed by atoms with Crippen LogP contribution in [-0.2, 0) is 4.79 Å². The van der Waals surface area contributed by atoms with E-state index in [9.17, 15) is 4.79 Å². The number of benzene rings is 1. The van der Waals surface area contributed by atoms with Crippen molar-refractivity contribution >= 4 is 22.4 Å². The molecule has 0 fully saturated rings. The minimum absolute atomic E-state index is 0.139. The molecule has 1 amide bonds. The van der Waals surface area contributed by atoms with E-state index in [1.807, 2.05) is 0 Å². The monoisotopic (exact) mass is 325 g/mol. The Kier molecular flexibility index (Phi) is 5.36. The maximum Gasteiger partial charge on any atom is 0.234 e. The van der Waals surface area contributed by atoms with E-state index in [1.165, 1.54) is 22.0 Å². The van der Waals surface area contributed by atoms with Gasteiger partial charge in [-0.3, -0.25) is 9.69 Å². The highest BCUT2D eigenvalue weighted by atomic mass is 16.2. The summed E-state index contributed by atoms with van der Waals surface area (Å²) >= 11 is 0. The first-order chi connectivity index (χ1) is 11.7. The quantitative estimate of drug-likeness (QED) is 0.853. The third-order valence-electron chi connectivity index (χ3n) is 4.72. The Balaban J connectivity index is 1.59. The summed E-state index contributed by atoms with van der Waals surface area (Å²) in [6.45, 7) is 6.48. The Hall–Kier alpha value is -2.07. The van der Waals surface area contributed by atoms with Gasteiger partial charge >= 0.3 is 0 Å². The molecule has 1 aromatic heterocycles. The number of para-hydroxylation sites is 1. The summed E-state index contributed by atoms with van der Waals surface area (Å²) < 4.78 is 0. The van der Waals surface area contributed by atoms with Crippen LogP contribution in [0.4, 0.5) is 0 Å². The van der Waals surface area contributed by atoms with Gasteiger partial charge < -0.3 is 10.3 Å². The molecule has 2 N–H and O–H groups in total. The zero-order chi connectivity index (χ0) is 16.9. The maximum absolute atomic E-state index is 12.1. The van der Waals surface area contributed by atoms with Crippen LogP contribution in [0, 0.1) is 0 Å². The van der Waals surface area contributed by atoms with Crippen LogP contribution in [0.3, 0.4) is 0 Å². The summed E-state index contributed by atoms with van der Waals surface area (Å²) in [5.74, 6) is 0.139. The van der Waals surface area contributed by atoms with Gasteiger partial charge in [0.2, 0.25) is 5.91 Å². The lowest BCUT2D eigenvalue weighted by Crippen LogP contribution is -2.42. The number of nitrogens with zero attached hydrogens (tertiary/aromatic N) is 1. The van der Waals surface area contributed by atoms with Gasteiger partial charge in [0, 0.05) is 41.8 Å². The molecule has 0 bridgehead atoms. The number of hydrogen-bond acceptors (Lipinski definition) is 2. The first kappa shape index (κ1) is 16.8. The van der Waals surface area contributed by atoms with Crippen molar-refractivity contribution in [1.82, 2.24) is 15.2 Å². The highest BCUT2D eigenvalue weighted by molar-refractivity contribution is 5.92. The molecule has 0 spiro atoms. The van der Waals surface area contributed by atoms with Crippen molar-refractivity contribution in [3.05, 3.63) is 42.1 Å². The van der Waals surface area contributed by atoms with E-state index in [0.717, 1.165) is 32.4 Å². The second kappa shape index (κ2) is 7.67. The fourth-order valence-electron chi connectivity index (χ4n) is 3.47. The highest BCUT2D eigenvalue weighted by Crippen LogP contribution is 2.28. The van der Waals surface area contributed by atoms with Crippen molar-refractivity contribution in [1.29, 1.82) is 0 Å². The van der Waals surface area contributed by atoms with Crippen molar-refractivity contribution in [3.8, 4) is 0 Å². The van der Waals surface area contributed by atoms with Crippen LogP contribution < -0.4 is 5.32 Å². The number of fused-ring (bicyclic) bond motifs is 1. The average molecular weight is 325 g/mol. The van der Waals surface area contributed by atoms with Gasteiger partial charge in [0.15, 0.2) is 0 Å². The molecular weight excluding hydrogens is 298 g/mol. The molecule has 0 saturated carbocycles. The molecule has 24 heavy (non-hydrogen) atoms. The molecule has 0 radical (unpaired) electrons. The molecule has 4 heteroatoms. The summed E-state index contributed by atoms with van der Waals surface area (Å²) in [5.41, 5.74) is 3.86. The molecule has 1 atom stereocenters. The van der Waals surface area contributed by atoms with Gasteiger partial charge in [-0.15, -0.1) is 0 Å². The summed E-state index contributed by atoms with van der Waals surface area (Å²) in [5, 5.41) is 4.37. The minimum atomic E-state index is 0.139. The Morgan fingerprint density at radius 1 is 1.38 bits per heavy atom. The molecule has 2 aromatic rings. The normalized spacial score (nSPS) is 16.8. The first-order valence-electron chi connectivity index (χ1n) is 8.94. The van der Waals surface area contributed by atoms with Gasteiger partial charge in [0.05, 0.1) is 6.54 Å². The van der Waals surface area contributed by atoms with Crippen LogP contribution in [0.1, 0.15) is 38.7 Å². The molecule has 1 aliphatic heterocycles. The van der Waals surface area contributed by atoms with E-state index in [0.29, 0.717) is 6.54 Å². The molecule has 0 saturated heterocycles. The van der Waals surface area contributed by atoms with E-state index < -0.39 is 0 Å². The third kappa shape index (κ3) is 3.88. The molecule has 3 rings (SSSR count). The number of carbonyl (C=O) groups is 1. The molecule has 1 aliphatic rings. The van der Waals surface area contributed by atoms with Gasteiger partial charge in [-0.2, -0.15) is 0 Å². The SMILES string of the molecule is CCCC(C)NC(=O)CN1CC=C(c2c[nH]c3ccccc23)CC1. The summed E-state index contributed by atoms with van der Waals surface area (Å²) in [6.07, 6.45) is 7.49. The van der Waals surface area contributed by atoms with Crippen molar-refractivity contribution in [2.45, 2.75) is 39.2 Å². The summed E-state index contributed by atoms with van der Waals surface area (Å²) in [6, 6.07) is 8.67. The number of nitrogens with one attached hydrogen (secondary N) is 2. The Morgan fingerprint density at radius 2 is 2.21 bits per heavy atom. The van der Waals surface area contributed by atoms with Gasteiger partial charge in [-0.25, -0.2) is 0 Å². The highest BCUT2D eigenvalue weighted by Gasteiger charge is 2.18. The van der Waals surface area contributed by atoms with Crippen molar-refractivity contribution in [2.75, 3.05) is 19.6 Å². The number of hydrogen-bond donors (Lipinski definition) is 2. The third-order valence-corrected chi connectivity index (χ3v) is 4.72. The van der Waals surface area contributed by atoms with Gasteiger partial charge in [-0.05, 0) is 31.4 Å². The second-order valence-corrected chi connectivity index (χ2v) is 6.72. The number of H-pyrrole nitrogens is 1. The standard InChI is InChI=1S/C20H27N3O/c1-3-6-15(2)22-20(24)14-23-11-9-16(10-12-23)18-13-21-19-8-5-4-7-17(18)19/h4-5,7-9,13,15,21H,3,6,10-12,14H2,1-2H3,(H,22,24). The van der Waals surface area contributed by atoms with E-state index in [2.05, 4.69) is 65.6 Å². The number of aromatic amines is 1. The van der Waals surface area contributed by atoms with Crippen LogP contribution in [0.25, 0.3) is 16.5 Å². The van der Waals surface area contributed by atoms with E-state index in [1.54, 1.807) is 0 Å². The second-order valence-electron chi connectivity index (χ2n) is 6.72. The van der Waals surface area contributed by atoms with Crippen molar-refractivity contribution in [3.63, 3.8) is 0 Å². The zero-order valence-corrected chi connectivity index (χ0v) is 14.6. The van der Waals surface area contributed by atoms with Crippen LogP contribution in [0.15, 0.2) is 36.5 Å². The largest absolute Gasteiger partial charge is 0.361 e. The molecule has 2 heterocycles. The minimum Gasteiger partial charge on any atom is -0.361 e. The van der Waals surface area contributed by atoms with Gasteiger partial charge in [-0.1, -0.05) is 37.6 Å². The van der Waals surface area contributed by atoms with E-state index in [4.69, 9.17) is 0 Å². The fraction of sp³-hybridized carbons (Fsp3) is 0.450. The smallest absolute Gasteiger partial charge is 0.234 e. The zero-order valence-electron chi connectivity index (χ0n) is 14.6. The van der Waals surface area contributed by atoms with Gasteiger partial charge in [0.25, 0.3) is 0 Å². The van der Waals surface area contributed by atoms with Crippen molar-refractivity contribution < 1.29 is 4.79 Å². The van der Waals surface area contributed by atoms with Crippen LogP contribution >= 0.6 is 0 Å². The molecular formula is C20H27N3O. The number of amides is 1. The van der Waals surface area contributed by atoms with Gasteiger partial charge in [0.1, 0.15) is 0 Å². The predicted molar refractivity (Wildman–Crippen MR) is 99.8 cm³/mol. The lowest BCUT2D eigenvalue weighted by molar-refractivity contribution is -0.122. The van der Waals surface area contributed by atoms with Crippen molar-refractivity contribution in [2.24, 2.45) is 0 Å². The maximum atomic E-state index is 12.1. The lowest BCUT2D eigenvalue weighted by atomic mass is 9.99. The Bertz CT molecular complexity index is 731. The summed E-state index contributed by atoms with van der Waals surface area (Å²) in [7, 11) is 0. The molecule has 128 valence electrons. The average Bonchev–Trinajstić information content (AvgIpc) is 2.99. The Labute approximate surface area is 143 Å². The molecule has 4 nitrogen and oxygen atoms in total. The predicted octanol–water partition coefficient (Wildman–Crippen LogP) is 3.56. The van der Waals surface area contributed by atoms with Crippen LogP contribution in [-0.4, -0.2) is 41.5 Å². The molecule has 1 unspecified atom stereocenters. The number of aromatic nitrogens is 1. The number of rotatable bonds is 6. The van der Waals surface area contributed by atoms with E-state index in [-0.39, 0.29) is 11.9 Å². The summed E-state index contributed by atoms with van der Waals surface area (Å²) in [4.78, 5) is 17.7. The Morgan fingerprint density at radius 3 is 2.96 bits per heavy atom. The van der Waals surface area contributed by atoms with E-state index >= 15 is 0 Å². The lowest BCUT2D eigenvalue weighted by Gasteiger charge is -2.26.